The summed E-state index contributed by atoms with van der Waals surface area (Å²) in [5.41, 5.74) is 0.967. The molecule has 0 saturated carbocycles. The minimum Gasteiger partial charge on any atom is -0.366 e. The monoisotopic (exact) mass is 221 g/mol. The van der Waals surface area contributed by atoms with Crippen LogP contribution in [0.1, 0.15) is 10.6 Å². The van der Waals surface area contributed by atoms with Gasteiger partial charge in [-0.25, -0.2) is 9.97 Å². The summed E-state index contributed by atoms with van der Waals surface area (Å²) in [5, 5.41) is 5.77. The summed E-state index contributed by atoms with van der Waals surface area (Å²) in [4.78, 5) is 21.5. The second-order valence-electron chi connectivity index (χ2n) is 3.58. The minimum atomic E-state index is -0.258. The molecule has 1 amide bonds. The fourth-order valence-electron chi connectivity index (χ4n) is 1.64. The number of carbonyl (C=O) groups is 1. The molecule has 0 radical (unpaired) electrons. The van der Waals surface area contributed by atoms with Crippen LogP contribution in [-0.2, 0) is 0 Å². The zero-order chi connectivity index (χ0) is 11.4. The van der Waals surface area contributed by atoms with Crippen LogP contribution in [0.15, 0.2) is 12.4 Å². The summed E-state index contributed by atoms with van der Waals surface area (Å²) in [5.74, 6) is -0.0479. The maximum atomic E-state index is 11.2. The van der Waals surface area contributed by atoms with Gasteiger partial charge in [0, 0.05) is 33.2 Å². The number of hydrogen-bond donors (Lipinski definition) is 2. The van der Waals surface area contributed by atoms with Crippen LogP contribution in [-0.4, -0.2) is 49.1 Å². The summed E-state index contributed by atoms with van der Waals surface area (Å²) in [7, 11) is 1.57. The van der Waals surface area contributed by atoms with Gasteiger partial charge in [-0.3, -0.25) is 4.79 Å². The first-order chi connectivity index (χ1) is 7.81. The first kappa shape index (κ1) is 10.8. The molecule has 6 heteroatoms. The van der Waals surface area contributed by atoms with E-state index in [-0.39, 0.29) is 11.7 Å². The van der Waals surface area contributed by atoms with Crippen LogP contribution in [0, 0.1) is 0 Å². The Hall–Kier alpha value is -1.69. The van der Waals surface area contributed by atoms with Crippen LogP contribution < -0.4 is 15.5 Å². The van der Waals surface area contributed by atoms with Gasteiger partial charge in [-0.15, -0.1) is 0 Å². The number of rotatable bonds is 2. The van der Waals surface area contributed by atoms with Gasteiger partial charge >= 0.3 is 0 Å². The number of amides is 1. The smallest absolute Gasteiger partial charge is 0.288 e. The van der Waals surface area contributed by atoms with Crippen LogP contribution in [0.3, 0.4) is 0 Å². The fraction of sp³-hybridized carbons (Fsp3) is 0.500. The fourth-order valence-corrected chi connectivity index (χ4v) is 1.64. The Morgan fingerprint density at radius 3 is 2.56 bits per heavy atom. The van der Waals surface area contributed by atoms with Gasteiger partial charge in [-0.05, 0) is 0 Å². The predicted molar refractivity (Wildman–Crippen MR) is 60.5 cm³/mol. The van der Waals surface area contributed by atoms with Gasteiger partial charge < -0.3 is 15.5 Å². The van der Waals surface area contributed by atoms with Crippen molar-refractivity contribution in [2.75, 3.05) is 38.1 Å². The molecule has 2 heterocycles. The molecule has 0 atom stereocenters. The average Bonchev–Trinajstić information content (AvgIpc) is 2.39. The molecule has 1 fully saturated rings. The molecule has 2 N–H and O–H groups in total. The summed E-state index contributed by atoms with van der Waals surface area (Å²) < 4.78 is 0. The van der Waals surface area contributed by atoms with Crippen LogP contribution in [0.5, 0.6) is 0 Å². The van der Waals surface area contributed by atoms with Crippen molar-refractivity contribution in [3.05, 3.63) is 18.2 Å². The van der Waals surface area contributed by atoms with Crippen molar-refractivity contribution < 1.29 is 4.79 Å². The first-order valence-corrected chi connectivity index (χ1v) is 5.31. The van der Waals surface area contributed by atoms with Crippen molar-refractivity contribution >= 4 is 11.6 Å². The molecule has 0 spiro atoms. The highest BCUT2D eigenvalue weighted by molar-refractivity contribution is 5.90. The van der Waals surface area contributed by atoms with E-state index in [2.05, 4.69) is 25.5 Å². The SMILES string of the molecule is CNC(=O)c1ncc(N2CCNCC2)cn1. The van der Waals surface area contributed by atoms with Gasteiger partial charge in [0.25, 0.3) is 5.91 Å². The van der Waals surface area contributed by atoms with Gasteiger partial charge in [-0.1, -0.05) is 0 Å². The molecular weight excluding hydrogens is 206 g/mol. The third-order valence-corrected chi connectivity index (χ3v) is 2.55. The Kier molecular flexibility index (Phi) is 3.31. The highest BCUT2D eigenvalue weighted by Crippen LogP contribution is 2.11. The Labute approximate surface area is 94.1 Å². The quantitative estimate of drug-likeness (QED) is 0.687. The molecule has 0 aliphatic carbocycles. The Morgan fingerprint density at radius 1 is 1.38 bits per heavy atom. The lowest BCUT2D eigenvalue weighted by Gasteiger charge is -2.28. The van der Waals surface area contributed by atoms with E-state index < -0.39 is 0 Å². The van der Waals surface area contributed by atoms with Crippen molar-refractivity contribution in [1.82, 2.24) is 20.6 Å². The molecule has 6 nitrogen and oxygen atoms in total. The molecule has 2 rings (SSSR count). The van der Waals surface area contributed by atoms with E-state index in [1.54, 1.807) is 19.4 Å². The lowest BCUT2D eigenvalue weighted by molar-refractivity contribution is 0.0953. The number of hydrogen-bond acceptors (Lipinski definition) is 5. The molecule has 16 heavy (non-hydrogen) atoms. The molecule has 1 aliphatic rings. The summed E-state index contributed by atoms with van der Waals surface area (Å²) >= 11 is 0. The molecule has 0 aromatic carbocycles. The number of nitrogens with one attached hydrogen (secondary N) is 2. The number of nitrogens with zero attached hydrogens (tertiary/aromatic N) is 3. The van der Waals surface area contributed by atoms with Gasteiger partial charge in [0.15, 0.2) is 0 Å². The maximum absolute atomic E-state index is 11.2. The highest BCUT2D eigenvalue weighted by atomic mass is 16.2. The lowest BCUT2D eigenvalue weighted by Crippen LogP contribution is -2.43. The minimum absolute atomic E-state index is 0.210. The van der Waals surface area contributed by atoms with Gasteiger partial charge in [0.1, 0.15) is 0 Å². The predicted octanol–water partition coefficient (Wildman–Crippen LogP) is -0.754. The Balaban J connectivity index is 2.09. The zero-order valence-corrected chi connectivity index (χ0v) is 9.23. The van der Waals surface area contributed by atoms with Crippen LogP contribution in [0.25, 0.3) is 0 Å². The number of carbonyl (C=O) groups excluding carboxylic acids is 1. The third kappa shape index (κ3) is 2.27. The number of aromatic nitrogens is 2. The van der Waals surface area contributed by atoms with Crippen molar-refractivity contribution in [3.8, 4) is 0 Å². The number of anilines is 1. The Bertz CT molecular complexity index is 358. The maximum Gasteiger partial charge on any atom is 0.288 e. The van der Waals surface area contributed by atoms with Gasteiger partial charge in [-0.2, -0.15) is 0 Å². The van der Waals surface area contributed by atoms with Crippen LogP contribution in [0.2, 0.25) is 0 Å². The second kappa shape index (κ2) is 4.89. The molecule has 1 saturated heterocycles. The normalized spacial score (nSPS) is 15.9. The van der Waals surface area contributed by atoms with Crippen LogP contribution >= 0.6 is 0 Å². The topological polar surface area (TPSA) is 70.2 Å². The molecule has 1 aromatic heterocycles. The van der Waals surface area contributed by atoms with E-state index in [4.69, 9.17) is 0 Å². The van der Waals surface area contributed by atoms with E-state index in [0.29, 0.717) is 0 Å². The van der Waals surface area contributed by atoms with E-state index in [1.165, 1.54) is 0 Å². The lowest BCUT2D eigenvalue weighted by atomic mass is 10.3. The number of piperazine rings is 1. The Morgan fingerprint density at radius 2 is 2.00 bits per heavy atom. The van der Waals surface area contributed by atoms with Crippen LogP contribution in [0.4, 0.5) is 5.69 Å². The first-order valence-electron chi connectivity index (χ1n) is 5.31. The van der Waals surface area contributed by atoms with Crippen molar-refractivity contribution in [2.45, 2.75) is 0 Å². The zero-order valence-electron chi connectivity index (χ0n) is 9.23. The van der Waals surface area contributed by atoms with Crippen molar-refractivity contribution in [3.63, 3.8) is 0 Å². The second-order valence-corrected chi connectivity index (χ2v) is 3.58. The van der Waals surface area contributed by atoms with Gasteiger partial charge in [0.05, 0.1) is 18.1 Å². The molecule has 1 aliphatic heterocycles. The van der Waals surface area contributed by atoms with E-state index in [1.807, 2.05) is 0 Å². The molecule has 86 valence electrons. The molecular formula is C10H15N5O. The van der Waals surface area contributed by atoms with Crippen molar-refractivity contribution in [2.24, 2.45) is 0 Å². The highest BCUT2D eigenvalue weighted by Gasteiger charge is 2.12. The largest absolute Gasteiger partial charge is 0.366 e. The standard InChI is InChI=1S/C10H15N5O/c1-11-10(16)9-13-6-8(7-14-9)15-4-2-12-3-5-15/h6-7,12H,2-5H2,1H3,(H,11,16). The van der Waals surface area contributed by atoms with E-state index in [9.17, 15) is 4.79 Å². The summed E-state index contributed by atoms with van der Waals surface area (Å²) in [6, 6.07) is 0. The third-order valence-electron chi connectivity index (χ3n) is 2.55. The summed E-state index contributed by atoms with van der Waals surface area (Å²) in [6.45, 7) is 3.83. The summed E-state index contributed by atoms with van der Waals surface area (Å²) in [6.07, 6.45) is 3.39. The van der Waals surface area contributed by atoms with Crippen molar-refractivity contribution in [1.29, 1.82) is 0 Å². The van der Waals surface area contributed by atoms with Gasteiger partial charge in [0.2, 0.25) is 5.82 Å². The molecule has 1 aromatic rings. The average molecular weight is 221 g/mol. The van der Waals surface area contributed by atoms with E-state index >= 15 is 0 Å². The van der Waals surface area contributed by atoms with E-state index in [0.717, 1.165) is 31.9 Å². The molecule has 0 unspecified atom stereocenters. The molecule has 0 bridgehead atoms.